The van der Waals surface area contributed by atoms with Crippen LogP contribution in [0.25, 0.3) is 0 Å². The number of nitrogens with one attached hydrogen (secondary N) is 1. The van der Waals surface area contributed by atoms with E-state index in [9.17, 15) is 13.9 Å². The summed E-state index contributed by atoms with van der Waals surface area (Å²) in [6.07, 6.45) is 1.78. The van der Waals surface area contributed by atoms with Gasteiger partial charge in [-0.1, -0.05) is 6.07 Å². The van der Waals surface area contributed by atoms with Gasteiger partial charge in [0, 0.05) is 11.1 Å². The number of hydrogen-bond acceptors (Lipinski definition) is 2. The summed E-state index contributed by atoms with van der Waals surface area (Å²) in [7, 11) is 0. The van der Waals surface area contributed by atoms with Gasteiger partial charge in [-0.3, -0.25) is 0 Å². The smallest absolute Gasteiger partial charge is 0.200 e. The van der Waals surface area contributed by atoms with E-state index in [0.29, 0.717) is 5.56 Å². The maximum atomic E-state index is 13.2. The van der Waals surface area contributed by atoms with Gasteiger partial charge in [-0.05, 0) is 32.4 Å². The lowest BCUT2D eigenvalue weighted by Crippen LogP contribution is -2.33. The molecule has 1 unspecified atom stereocenters. The summed E-state index contributed by atoms with van der Waals surface area (Å²) in [6.45, 7) is 2.71. The zero-order valence-corrected chi connectivity index (χ0v) is 8.48. The third kappa shape index (κ3) is 1.59. The Labute approximate surface area is 86.9 Å². The van der Waals surface area contributed by atoms with Crippen LogP contribution in [0.3, 0.4) is 0 Å². The molecule has 2 rings (SSSR count). The van der Waals surface area contributed by atoms with E-state index in [1.54, 1.807) is 0 Å². The zero-order chi connectivity index (χ0) is 11.1. The first kappa shape index (κ1) is 10.4. The highest BCUT2D eigenvalue weighted by Gasteiger charge is 2.33. The van der Waals surface area contributed by atoms with Gasteiger partial charge < -0.3 is 10.4 Å². The molecule has 1 atom stereocenters. The largest absolute Gasteiger partial charge is 0.505 e. The van der Waals surface area contributed by atoms with Crippen LogP contribution in [0.2, 0.25) is 0 Å². The van der Waals surface area contributed by atoms with E-state index in [1.165, 1.54) is 6.07 Å². The Hall–Kier alpha value is -1.16. The average Bonchev–Trinajstić information content (AvgIpc) is 2.62. The third-order valence-electron chi connectivity index (χ3n) is 3.03. The van der Waals surface area contributed by atoms with Crippen LogP contribution in [0.1, 0.15) is 25.3 Å². The summed E-state index contributed by atoms with van der Waals surface area (Å²) in [6, 6.07) is 2.49. The van der Waals surface area contributed by atoms with E-state index < -0.39 is 22.9 Å². The molecule has 1 heterocycles. The molecule has 0 bridgehead atoms. The molecule has 0 spiro atoms. The van der Waals surface area contributed by atoms with Gasteiger partial charge in [0.15, 0.2) is 11.6 Å². The van der Waals surface area contributed by atoms with E-state index in [1.807, 2.05) is 6.92 Å². The number of phenolic OH excluding ortho intramolecular Hbond substituents is 1. The Balaban J connectivity index is 2.49. The van der Waals surface area contributed by atoms with Crippen molar-refractivity contribution >= 4 is 0 Å². The Bertz CT molecular complexity index is 386. The minimum atomic E-state index is -1.16. The minimum Gasteiger partial charge on any atom is -0.505 e. The first-order chi connectivity index (χ1) is 7.04. The second-order valence-corrected chi connectivity index (χ2v) is 4.12. The zero-order valence-electron chi connectivity index (χ0n) is 8.48. The highest BCUT2D eigenvalue weighted by molar-refractivity contribution is 5.40. The van der Waals surface area contributed by atoms with Gasteiger partial charge in [0.1, 0.15) is 0 Å². The van der Waals surface area contributed by atoms with Gasteiger partial charge in [0.25, 0.3) is 0 Å². The predicted molar refractivity (Wildman–Crippen MR) is 52.6 cm³/mol. The summed E-state index contributed by atoms with van der Waals surface area (Å²) in [5.74, 6) is -2.76. The monoisotopic (exact) mass is 213 g/mol. The van der Waals surface area contributed by atoms with Gasteiger partial charge in [-0.2, -0.15) is 4.39 Å². The molecule has 0 radical (unpaired) electrons. The van der Waals surface area contributed by atoms with E-state index >= 15 is 0 Å². The fourth-order valence-electron chi connectivity index (χ4n) is 2.11. The first-order valence-electron chi connectivity index (χ1n) is 4.97. The van der Waals surface area contributed by atoms with Gasteiger partial charge in [0.05, 0.1) is 0 Å². The molecule has 4 heteroatoms. The molecule has 0 amide bonds. The molecule has 1 aromatic carbocycles. The lowest BCUT2D eigenvalue weighted by Gasteiger charge is -2.25. The van der Waals surface area contributed by atoms with Crippen LogP contribution in [0.5, 0.6) is 5.75 Å². The first-order valence-corrected chi connectivity index (χ1v) is 4.97. The third-order valence-corrected chi connectivity index (χ3v) is 3.03. The number of aromatic hydroxyl groups is 1. The molecule has 0 aliphatic carbocycles. The molecule has 1 aliphatic rings. The van der Waals surface area contributed by atoms with Crippen molar-refractivity contribution in [1.82, 2.24) is 5.32 Å². The predicted octanol–water partition coefficient (Wildman–Crippen LogP) is 2.27. The molecule has 1 aliphatic heterocycles. The molecule has 0 saturated carbocycles. The van der Waals surface area contributed by atoms with Crippen molar-refractivity contribution in [2.75, 3.05) is 6.54 Å². The summed E-state index contributed by atoms with van der Waals surface area (Å²) in [4.78, 5) is 0. The quantitative estimate of drug-likeness (QED) is 0.750. The second kappa shape index (κ2) is 3.45. The molecular formula is C11H13F2NO. The highest BCUT2D eigenvalue weighted by Crippen LogP contribution is 2.37. The van der Waals surface area contributed by atoms with Crippen LogP contribution >= 0.6 is 0 Å². The fraction of sp³-hybridized carbons (Fsp3) is 0.455. The Morgan fingerprint density at radius 2 is 2.13 bits per heavy atom. The molecule has 0 aromatic heterocycles. The van der Waals surface area contributed by atoms with E-state index in [0.717, 1.165) is 25.5 Å². The number of halogens is 2. The number of rotatable bonds is 1. The van der Waals surface area contributed by atoms with Crippen molar-refractivity contribution in [3.05, 3.63) is 29.3 Å². The van der Waals surface area contributed by atoms with Gasteiger partial charge >= 0.3 is 0 Å². The van der Waals surface area contributed by atoms with Crippen molar-refractivity contribution in [1.29, 1.82) is 0 Å². The molecule has 1 fully saturated rings. The second-order valence-electron chi connectivity index (χ2n) is 4.12. The molecule has 2 N–H and O–H groups in total. The summed E-state index contributed by atoms with van der Waals surface area (Å²) in [5.41, 5.74) is -0.0163. The van der Waals surface area contributed by atoms with E-state index in [4.69, 9.17) is 0 Å². The van der Waals surface area contributed by atoms with Crippen molar-refractivity contribution in [2.24, 2.45) is 0 Å². The molecule has 82 valence electrons. The van der Waals surface area contributed by atoms with Crippen molar-refractivity contribution < 1.29 is 13.9 Å². The van der Waals surface area contributed by atoms with Gasteiger partial charge in [-0.15, -0.1) is 0 Å². The number of phenols is 1. The SMILES string of the molecule is CC1(c2ccc(F)c(F)c2O)CCCN1. The Kier molecular flexibility index (Phi) is 2.38. The van der Waals surface area contributed by atoms with Crippen molar-refractivity contribution in [3.63, 3.8) is 0 Å². The molecular weight excluding hydrogens is 200 g/mol. The molecule has 1 saturated heterocycles. The topological polar surface area (TPSA) is 32.3 Å². The Morgan fingerprint density at radius 1 is 1.40 bits per heavy atom. The van der Waals surface area contributed by atoms with E-state index in [2.05, 4.69) is 5.32 Å². The van der Waals surface area contributed by atoms with Crippen LogP contribution < -0.4 is 5.32 Å². The molecule has 1 aromatic rings. The summed E-state index contributed by atoms with van der Waals surface area (Å²) < 4.78 is 26.0. The van der Waals surface area contributed by atoms with Gasteiger partial charge in [0.2, 0.25) is 5.82 Å². The maximum Gasteiger partial charge on any atom is 0.200 e. The lowest BCUT2D eigenvalue weighted by molar-refractivity contribution is 0.363. The van der Waals surface area contributed by atoms with Crippen molar-refractivity contribution in [2.45, 2.75) is 25.3 Å². The van der Waals surface area contributed by atoms with E-state index in [-0.39, 0.29) is 0 Å². The van der Waals surface area contributed by atoms with Crippen LogP contribution in [-0.2, 0) is 5.54 Å². The summed E-state index contributed by atoms with van der Waals surface area (Å²) >= 11 is 0. The maximum absolute atomic E-state index is 13.2. The standard InChI is InChI=1S/C11H13F2NO/c1-11(5-2-6-14-11)7-3-4-8(12)9(13)10(7)15/h3-4,14-15H,2,5-6H2,1H3. The minimum absolute atomic E-state index is 0.430. The normalized spacial score (nSPS) is 25.8. The number of benzene rings is 1. The molecule has 2 nitrogen and oxygen atoms in total. The van der Waals surface area contributed by atoms with Crippen LogP contribution in [-0.4, -0.2) is 11.7 Å². The lowest BCUT2D eigenvalue weighted by atomic mass is 9.89. The van der Waals surface area contributed by atoms with Crippen LogP contribution in [0, 0.1) is 11.6 Å². The Morgan fingerprint density at radius 3 is 2.73 bits per heavy atom. The van der Waals surface area contributed by atoms with Gasteiger partial charge in [-0.25, -0.2) is 4.39 Å². The average molecular weight is 213 g/mol. The van der Waals surface area contributed by atoms with Crippen LogP contribution in [0.15, 0.2) is 12.1 Å². The highest BCUT2D eigenvalue weighted by atomic mass is 19.2. The fourth-order valence-corrected chi connectivity index (χ4v) is 2.11. The molecule has 15 heavy (non-hydrogen) atoms. The number of hydrogen-bond donors (Lipinski definition) is 2. The van der Waals surface area contributed by atoms with Crippen molar-refractivity contribution in [3.8, 4) is 5.75 Å². The summed E-state index contributed by atoms with van der Waals surface area (Å²) in [5, 5.41) is 12.7. The van der Waals surface area contributed by atoms with Crippen LogP contribution in [0.4, 0.5) is 8.78 Å².